The number of H-pyrrole nitrogens is 1. The van der Waals surface area contributed by atoms with E-state index in [-0.39, 0.29) is 0 Å². The number of imidazole rings is 1. The van der Waals surface area contributed by atoms with Gasteiger partial charge in [0.1, 0.15) is 0 Å². The zero-order valence-electron chi connectivity index (χ0n) is 10.9. The van der Waals surface area contributed by atoms with Gasteiger partial charge in [-0.25, -0.2) is 9.97 Å². The van der Waals surface area contributed by atoms with Gasteiger partial charge >= 0.3 is 0 Å². The van der Waals surface area contributed by atoms with Gasteiger partial charge in [-0.3, -0.25) is 0 Å². The maximum Gasteiger partial charge on any atom is 0.214 e. The first-order chi connectivity index (χ1) is 8.70. The summed E-state index contributed by atoms with van der Waals surface area (Å²) in [4.78, 5) is 13.6. The molecular weight excluding hydrogens is 228 g/mol. The second-order valence-corrected chi connectivity index (χ2v) is 4.35. The first-order valence-corrected chi connectivity index (χ1v) is 5.94. The van der Waals surface area contributed by atoms with Gasteiger partial charge in [0, 0.05) is 30.2 Å². The quantitative estimate of drug-likeness (QED) is 0.879. The fourth-order valence-corrected chi connectivity index (χ4v) is 1.82. The topological polar surface area (TPSA) is 54.0 Å². The Labute approximate surface area is 107 Å². The van der Waals surface area contributed by atoms with Crippen LogP contribution in [-0.2, 0) is 6.54 Å². The molecule has 0 radical (unpaired) electrons. The fourth-order valence-electron chi connectivity index (χ4n) is 1.82. The number of pyridine rings is 1. The van der Waals surface area contributed by atoms with Gasteiger partial charge in [-0.1, -0.05) is 0 Å². The molecular formula is C13H18N4O. The van der Waals surface area contributed by atoms with Crippen LogP contribution >= 0.6 is 0 Å². The lowest BCUT2D eigenvalue weighted by molar-refractivity contribution is 0.397. The predicted molar refractivity (Wildman–Crippen MR) is 70.7 cm³/mol. The molecule has 96 valence electrons. The number of hydrogen-bond donors (Lipinski definition) is 1. The predicted octanol–water partition coefficient (Wildman–Crippen LogP) is 2.23. The minimum Gasteiger partial charge on any atom is -0.481 e. The summed E-state index contributed by atoms with van der Waals surface area (Å²) in [6.07, 6.45) is 5.30. The van der Waals surface area contributed by atoms with Crippen molar-refractivity contribution in [2.75, 3.05) is 12.0 Å². The average molecular weight is 246 g/mol. The van der Waals surface area contributed by atoms with Crippen LogP contribution in [0.15, 0.2) is 30.9 Å². The number of nitrogens with zero attached hydrogens (tertiary/aromatic N) is 3. The molecule has 0 aliphatic rings. The summed E-state index contributed by atoms with van der Waals surface area (Å²) in [6, 6.07) is 4.30. The minimum absolute atomic E-state index is 0.375. The molecule has 2 rings (SSSR count). The third kappa shape index (κ3) is 2.80. The van der Waals surface area contributed by atoms with Gasteiger partial charge < -0.3 is 14.6 Å². The maximum atomic E-state index is 5.16. The molecule has 5 nitrogen and oxygen atoms in total. The van der Waals surface area contributed by atoms with Crippen molar-refractivity contribution in [3.05, 3.63) is 36.5 Å². The van der Waals surface area contributed by atoms with Crippen LogP contribution in [0.1, 0.15) is 19.5 Å². The number of rotatable bonds is 5. The van der Waals surface area contributed by atoms with Crippen molar-refractivity contribution in [1.29, 1.82) is 0 Å². The van der Waals surface area contributed by atoms with Gasteiger partial charge in [0.2, 0.25) is 5.88 Å². The number of ether oxygens (including phenoxy) is 1. The van der Waals surface area contributed by atoms with E-state index in [0.717, 1.165) is 17.9 Å². The van der Waals surface area contributed by atoms with Crippen LogP contribution in [-0.4, -0.2) is 28.1 Å². The third-order valence-electron chi connectivity index (χ3n) is 2.78. The lowest BCUT2D eigenvalue weighted by Gasteiger charge is -2.28. The molecule has 0 amide bonds. The molecule has 0 unspecified atom stereocenters. The highest BCUT2D eigenvalue weighted by atomic mass is 16.5. The van der Waals surface area contributed by atoms with Crippen molar-refractivity contribution in [3.8, 4) is 5.88 Å². The molecule has 0 saturated heterocycles. The molecule has 0 bridgehead atoms. The number of aromatic amines is 1. The lowest BCUT2D eigenvalue weighted by atomic mass is 10.2. The average Bonchev–Trinajstić information content (AvgIpc) is 2.88. The molecule has 2 aromatic heterocycles. The first-order valence-electron chi connectivity index (χ1n) is 5.94. The molecule has 0 aromatic carbocycles. The molecule has 0 saturated carbocycles. The zero-order valence-corrected chi connectivity index (χ0v) is 10.9. The Balaban J connectivity index is 2.23. The lowest BCUT2D eigenvalue weighted by Crippen LogP contribution is -2.30. The summed E-state index contributed by atoms with van der Waals surface area (Å²) >= 11 is 0. The second kappa shape index (κ2) is 5.53. The van der Waals surface area contributed by atoms with E-state index in [1.807, 2.05) is 18.3 Å². The Hall–Kier alpha value is -2.04. The second-order valence-electron chi connectivity index (χ2n) is 4.35. The number of hydrogen-bond acceptors (Lipinski definition) is 4. The molecule has 0 spiro atoms. The standard InChI is InChI=1S/C13H18N4O/c1-10(2)17(8-11-7-14-9-16-11)12-4-5-15-13(6-12)18-3/h4-7,9-10H,8H2,1-3H3,(H,14,16). The van der Waals surface area contributed by atoms with E-state index < -0.39 is 0 Å². The van der Waals surface area contributed by atoms with Gasteiger partial charge in [0.05, 0.1) is 25.7 Å². The number of nitrogens with one attached hydrogen (secondary N) is 1. The number of methoxy groups -OCH3 is 1. The maximum absolute atomic E-state index is 5.16. The summed E-state index contributed by atoms with van der Waals surface area (Å²) in [5.41, 5.74) is 2.17. The van der Waals surface area contributed by atoms with Gasteiger partial charge in [-0.2, -0.15) is 0 Å². The zero-order chi connectivity index (χ0) is 13.0. The minimum atomic E-state index is 0.375. The van der Waals surface area contributed by atoms with Crippen LogP contribution in [0, 0.1) is 0 Å². The van der Waals surface area contributed by atoms with Crippen molar-refractivity contribution in [1.82, 2.24) is 15.0 Å². The van der Waals surface area contributed by atoms with Crippen LogP contribution in [0.2, 0.25) is 0 Å². The largest absolute Gasteiger partial charge is 0.481 e. The molecule has 5 heteroatoms. The van der Waals surface area contributed by atoms with Gasteiger partial charge in [0.15, 0.2) is 0 Å². The Bertz CT molecular complexity index is 481. The van der Waals surface area contributed by atoms with Crippen LogP contribution in [0.4, 0.5) is 5.69 Å². The molecule has 2 aromatic rings. The third-order valence-corrected chi connectivity index (χ3v) is 2.78. The Kier molecular flexibility index (Phi) is 3.82. The highest BCUT2D eigenvalue weighted by Gasteiger charge is 2.12. The van der Waals surface area contributed by atoms with Crippen LogP contribution in [0.25, 0.3) is 0 Å². The van der Waals surface area contributed by atoms with E-state index in [1.54, 1.807) is 19.6 Å². The summed E-state index contributed by atoms with van der Waals surface area (Å²) in [5, 5.41) is 0. The van der Waals surface area contributed by atoms with E-state index in [9.17, 15) is 0 Å². The highest BCUT2D eigenvalue weighted by molar-refractivity contribution is 5.49. The van der Waals surface area contributed by atoms with Gasteiger partial charge in [0.25, 0.3) is 0 Å². The molecule has 2 heterocycles. The SMILES string of the molecule is COc1cc(N(Cc2cnc[nH]2)C(C)C)ccn1. The summed E-state index contributed by atoms with van der Waals surface area (Å²) in [5.74, 6) is 0.628. The Morgan fingerprint density at radius 2 is 2.28 bits per heavy atom. The summed E-state index contributed by atoms with van der Waals surface area (Å²) in [6.45, 7) is 5.09. The molecule has 0 aliphatic carbocycles. The van der Waals surface area contributed by atoms with Crippen molar-refractivity contribution in [2.45, 2.75) is 26.4 Å². The molecule has 0 fully saturated rings. The van der Waals surface area contributed by atoms with Gasteiger partial charge in [-0.05, 0) is 19.9 Å². The Morgan fingerprint density at radius 3 is 2.89 bits per heavy atom. The van der Waals surface area contributed by atoms with Crippen molar-refractivity contribution in [2.24, 2.45) is 0 Å². The van der Waals surface area contributed by atoms with E-state index in [0.29, 0.717) is 11.9 Å². The molecule has 0 atom stereocenters. The number of aromatic nitrogens is 3. The fraction of sp³-hybridized carbons (Fsp3) is 0.385. The number of anilines is 1. The smallest absolute Gasteiger partial charge is 0.214 e. The van der Waals surface area contributed by atoms with E-state index in [2.05, 4.69) is 33.7 Å². The first kappa shape index (κ1) is 12.4. The summed E-state index contributed by atoms with van der Waals surface area (Å²) in [7, 11) is 1.63. The van der Waals surface area contributed by atoms with Crippen LogP contribution < -0.4 is 9.64 Å². The normalized spacial score (nSPS) is 10.7. The van der Waals surface area contributed by atoms with E-state index in [4.69, 9.17) is 4.74 Å². The van der Waals surface area contributed by atoms with E-state index >= 15 is 0 Å². The van der Waals surface area contributed by atoms with Crippen molar-refractivity contribution in [3.63, 3.8) is 0 Å². The van der Waals surface area contributed by atoms with Gasteiger partial charge in [-0.15, -0.1) is 0 Å². The van der Waals surface area contributed by atoms with Crippen LogP contribution in [0.5, 0.6) is 5.88 Å². The molecule has 1 N–H and O–H groups in total. The monoisotopic (exact) mass is 246 g/mol. The summed E-state index contributed by atoms with van der Waals surface area (Å²) < 4.78 is 5.16. The highest BCUT2D eigenvalue weighted by Crippen LogP contribution is 2.22. The molecule has 0 aliphatic heterocycles. The van der Waals surface area contributed by atoms with E-state index in [1.165, 1.54) is 0 Å². The van der Waals surface area contributed by atoms with Crippen LogP contribution in [0.3, 0.4) is 0 Å². The van der Waals surface area contributed by atoms with Crippen molar-refractivity contribution < 1.29 is 4.74 Å². The Morgan fingerprint density at radius 1 is 1.44 bits per heavy atom. The molecule has 18 heavy (non-hydrogen) atoms. The van der Waals surface area contributed by atoms with Crippen molar-refractivity contribution >= 4 is 5.69 Å².